The van der Waals surface area contributed by atoms with E-state index in [0.29, 0.717) is 0 Å². The molecule has 0 heterocycles. The highest BCUT2D eigenvalue weighted by atomic mass is 16.5. The summed E-state index contributed by atoms with van der Waals surface area (Å²) in [5, 5.41) is 9.13. The van der Waals surface area contributed by atoms with Gasteiger partial charge in [-0.3, -0.25) is 9.59 Å². The highest BCUT2D eigenvalue weighted by Gasteiger charge is 2.24. The summed E-state index contributed by atoms with van der Waals surface area (Å²) in [5.41, 5.74) is 1.74. The van der Waals surface area contributed by atoms with E-state index in [1.165, 1.54) is 0 Å². The van der Waals surface area contributed by atoms with Crippen LogP contribution in [0.5, 0.6) is 0 Å². The molecule has 0 aliphatic carbocycles. The third-order valence-corrected chi connectivity index (χ3v) is 3.69. The highest BCUT2D eigenvalue weighted by molar-refractivity contribution is 5.80. The van der Waals surface area contributed by atoms with Crippen LogP contribution >= 0.6 is 0 Å². The van der Waals surface area contributed by atoms with Gasteiger partial charge in [-0.2, -0.15) is 0 Å². The van der Waals surface area contributed by atoms with Crippen molar-refractivity contribution < 1.29 is 24.2 Å². The molecule has 1 N–H and O–H groups in total. The second-order valence-electron chi connectivity index (χ2n) is 5.65. The van der Waals surface area contributed by atoms with Crippen LogP contribution in [0.2, 0.25) is 0 Å². The van der Waals surface area contributed by atoms with E-state index in [4.69, 9.17) is 14.6 Å². The zero-order chi connectivity index (χ0) is 17.9. The predicted octanol–water partition coefficient (Wildman–Crippen LogP) is 2.86. The quantitative estimate of drug-likeness (QED) is 0.710. The summed E-state index contributed by atoms with van der Waals surface area (Å²) < 4.78 is 10.4. The Kier molecular flexibility index (Phi) is 7.66. The molecule has 2 aromatic carbocycles. The molecule has 0 aliphatic rings. The van der Waals surface area contributed by atoms with Gasteiger partial charge in [0.25, 0.3) is 0 Å². The summed E-state index contributed by atoms with van der Waals surface area (Å²) in [6.45, 7) is 0.0995. The molecule has 0 bridgehead atoms. The molecule has 2 aromatic rings. The lowest BCUT2D eigenvalue weighted by Crippen LogP contribution is -2.23. The molecule has 0 amide bonds. The number of carbonyl (C=O) groups excluding carboxylic acids is 2. The van der Waals surface area contributed by atoms with Gasteiger partial charge in [0.05, 0.1) is 12.3 Å². The van der Waals surface area contributed by atoms with E-state index in [-0.39, 0.29) is 32.7 Å². The monoisotopic (exact) mass is 342 g/mol. The summed E-state index contributed by atoms with van der Waals surface area (Å²) in [5.74, 6) is -1.70. The fourth-order valence-electron chi connectivity index (χ4n) is 2.30. The minimum Gasteiger partial charge on any atom is -0.461 e. The Bertz CT molecular complexity index is 654. The van der Waals surface area contributed by atoms with Crippen molar-refractivity contribution in [3.05, 3.63) is 71.8 Å². The van der Waals surface area contributed by atoms with Crippen LogP contribution in [0.4, 0.5) is 0 Å². The minimum absolute atomic E-state index is 0.110. The highest BCUT2D eigenvalue weighted by Crippen LogP contribution is 2.14. The van der Waals surface area contributed by atoms with Gasteiger partial charge in [-0.25, -0.2) is 0 Å². The summed E-state index contributed by atoms with van der Waals surface area (Å²) in [7, 11) is 0. The van der Waals surface area contributed by atoms with E-state index < -0.39 is 17.9 Å². The zero-order valence-electron chi connectivity index (χ0n) is 14.0. The first-order valence-corrected chi connectivity index (χ1v) is 8.20. The van der Waals surface area contributed by atoms with Crippen molar-refractivity contribution >= 4 is 11.9 Å². The second kappa shape index (κ2) is 10.3. The lowest BCUT2D eigenvalue weighted by atomic mass is 10.0. The molecule has 5 nitrogen and oxygen atoms in total. The van der Waals surface area contributed by atoms with Crippen molar-refractivity contribution in [2.24, 2.45) is 5.92 Å². The number of esters is 2. The summed E-state index contributed by atoms with van der Waals surface area (Å²) in [6.07, 6.45) is 0.0507. The average molecular weight is 342 g/mol. The van der Waals surface area contributed by atoms with Gasteiger partial charge in [0, 0.05) is 6.61 Å². The number of ether oxygens (including phenoxy) is 2. The number of aliphatic hydroxyl groups excluding tert-OH is 1. The van der Waals surface area contributed by atoms with E-state index in [1.807, 2.05) is 60.7 Å². The molecule has 0 saturated heterocycles. The molecule has 5 heteroatoms. The minimum atomic E-state index is -0.711. The van der Waals surface area contributed by atoms with E-state index >= 15 is 0 Å². The van der Waals surface area contributed by atoms with Crippen LogP contribution in [0.15, 0.2) is 60.7 Å². The molecule has 2 rings (SSSR count). The largest absolute Gasteiger partial charge is 0.461 e. The zero-order valence-corrected chi connectivity index (χ0v) is 14.0. The smallest absolute Gasteiger partial charge is 0.309 e. The van der Waals surface area contributed by atoms with Gasteiger partial charge < -0.3 is 14.6 Å². The molecule has 0 radical (unpaired) electrons. The first-order valence-electron chi connectivity index (χ1n) is 8.20. The third-order valence-electron chi connectivity index (χ3n) is 3.69. The lowest BCUT2D eigenvalue weighted by molar-refractivity contribution is -0.157. The van der Waals surface area contributed by atoms with Gasteiger partial charge >= 0.3 is 11.9 Å². The molecule has 0 saturated carbocycles. The Labute approximate surface area is 147 Å². The Hall–Kier alpha value is -2.66. The molecular formula is C20H22O5. The average Bonchev–Trinajstić information content (AvgIpc) is 2.66. The summed E-state index contributed by atoms with van der Waals surface area (Å²) in [6, 6.07) is 18.6. The standard InChI is InChI=1S/C20H22O5/c21-12-11-18(20(23)25-15-17-9-5-2-6-10-17)13-19(22)24-14-16-7-3-1-4-8-16/h1-10,18,21H,11-15H2. The first kappa shape index (κ1) is 18.7. The van der Waals surface area contributed by atoms with Crippen LogP contribution < -0.4 is 0 Å². The molecule has 132 valence electrons. The van der Waals surface area contributed by atoms with Crippen molar-refractivity contribution in [1.82, 2.24) is 0 Å². The first-order chi connectivity index (χ1) is 12.2. The van der Waals surface area contributed by atoms with Crippen LogP contribution in [0.25, 0.3) is 0 Å². The van der Waals surface area contributed by atoms with Crippen molar-refractivity contribution in [3.63, 3.8) is 0 Å². The van der Waals surface area contributed by atoms with Crippen molar-refractivity contribution in [1.29, 1.82) is 0 Å². The van der Waals surface area contributed by atoms with E-state index in [2.05, 4.69) is 0 Å². The number of rotatable bonds is 9. The maximum Gasteiger partial charge on any atom is 0.309 e. The Morgan fingerprint density at radius 3 is 1.88 bits per heavy atom. The van der Waals surface area contributed by atoms with E-state index in [1.54, 1.807) is 0 Å². The Morgan fingerprint density at radius 1 is 0.840 bits per heavy atom. The number of hydrogen-bond donors (Lipinski definition) is 1. The van der Waals surface area contributed by atoms with Crippen LogP contribution in [0, 0.1) is 5.92 Å². The van der Waals surface area contributed by atoms with Crippen molar-refractivity contribution in [2.75, 3.05) is 6.61 Å². The normalized spacial score (nSPS) is 11.6. The Balaban J connectivity index is 1.81. The van der Waals surface area contributed by atoms with Crippen molar-refractivity contribution in [2.45, 2.75) is 26.1 Å². The molecule has 1 atom stereocenters. The fourth-order valence-corrected chi connectivity index (χ4v) is 2.30. The molecule has 0 aromatic heterocycles. The molecular weight excluding hydrogens is 320 g/mol. The van der Waals surface area contributed by atoms with Crippen LogP contribution in [0.1, 0.15) is 24.0 Å². The molecule has 1 unspecified atom stereocenters. The van der Waals surface area contributed by atoms with Crippen molar-refractivity contribution in [3.8, 4) is 0 Å². The van der Waals surface area contributed by atoms with Gasteiger partial charge in [0.1, 0.15) is 13.2 Å². The van der Waals surface area contributed by atoms with Crippen LogP contribution in [0.3, 0.4) is 0 Å². The second-order valence-corrected chi connectivity index (χ2v) is 5.65. The maximum atomic E-state index is 12.2. The summed E-state index contributed by atoms with van der Waals surface area (Å²) >= 11 is 0. The number of hydrogen-bond acceptors (Lipinski definition) is 5. The maximum absolute atomic E-state index is 12.2. The van der Waals surface area contributed by atoms with Crippen LogP contribution in [-0.2, 0) is 32.3 Å². The fraction of sp³-hybridized carbons (Fsp3) is 0.300. The number of aliphatic hydroxyl groups is 1. The molecule has 0 spiro atoms. The van der Waals surface area contributed by atoms with Gasteiger partial charge in [-0.05, 0) is 17.5 Å². The SMILES string of the molecule is O=C(CC(CCO)C(=O)OCc1ccccc1)OCc1ccccc1. The number of carbonyl (C=O) groups is 2. The van der Waals surface area contributed by atoms with Gasteiger partial charge in [-0.1, -0.05) is 60.7 Å². The Morgan fingerprint density at radius 2 is 1.36 bits per heavy atom. The number of benzene rings is 2. The topological polar surface area (TPSA) is 72.8 Å². The molecule has 0 fully saturated rings. The lowest BCUT2D eigenvalue weighted by Gasteiger charge is -2.14. The van der Waals surface area contributed by atoms with Gasteiger partial charge in [0.2, 0.25) is 0 Å². The predicted molar refractivity (Wildman–Crippen MR) is 92.3 cm³/mol. The summed E-state index contributed by atoms with van der Waals surface area (Å²) in [4.78, 5) is 24.1. The van der Waals surface area contributed by atoms with E-state index in [0.717, 1.165) is 11.1 Å². The molecule has 25 heavy (non-hydrogen) atoms. The molecule has 0 aliphatic heterocycles. The third kappa shape index (κ3) is 6.77. The van der Waals surface area contributed by atoms with Gasteiger partial charge in [0.15, 0.2) is 0 Å². The van der Waals surface area contributed by atoms with Gasteiger partial charge in [-0.15, -0.1) is 0 Å². The van der Waals surface area contributed by atoms with Crippen LogP contribution in [-0.4, -0.2) is 23.7 Å². The van der Waals surface area contributed by atoms with E-state index in [9.17, 15) is 9.59 Å².